The molecule has 8 heteroatoms. The summed E-state index contributed by atoms with van der Waals surface area (Å²) in [6.07, 6.45) is -2.32. The van der Waals surface area contributed by atoms with E-state index >= 15 is 0 Å². The summed E-state index contributed by atoms with van der Waals surface area (Å²) in [7, 11) is 0. The molecule has 0 amide bonds. The number of halogens is 3. The largest absolute Gasteiger partial charge is 0.780 e. The molecule has 0 saturated carbocycles. The smallest absolute Gasteiger partial charge is 0.599 e. The van der Waals surface area contributed by atoms with E-state index in [2.05, 4.69) is 21.1 Å². The van der Waals surface area contributed by atoms with Gasteiger partial charge in [0.25, 0.3) is 0 Å². The van der Waals surface area contributed by atoms with E-state index in [-0.39, 0.29) is 0 Å². The lowest BCUT2D eigenvalue weighted by atomic mass is 9.78. The van der Waals surface area contributed by atoms with Crippen LogP contribution < -0.4 is 9.31 Å². The van der Waals surface area contributed by atoms with Crippen LogP contribution in [0.1, 0.15) is 41.9 Å². The van der Waals surface area contributed by atoms with Gasteiger partial charge in [0, 0.05) is 24.3 Å². The molecule has 4 nitrogen and oxygen atoms in total. The van der Waals surface area contributed by atoms with E-state index in [0.29, 0.717) is 17.1 Å². The SMILES string of the molecule is CC1=CC(C)=[N+]2C1=C(c1ccc(C(F)(F)F)cc1)c1c(C)cc(C)n1[B-]21Oc2ccccc2O1. The number of para-hydroxylation sites is 2. The predicted octanol–water partition coefficient (Wildman–Crippen LogP) is 6.09. The van der Waals surface area contributed by atoms with Crippen LogP contribution in [0.4, 0.5) is 13.2 Å². The Morgan fingerprint density at radius 1 is 0.882 bits per heavy atom. The molecular formula is C26H22BF3N2O2. The maximum atomic E-state index is 13.3. The molecule has 0 fully saturated rings. The Morgan fingerprint density at radius 3 is 2.09 bits per heavy atom. The third-order valence-electron chi connectivity index (χ3n) is 6.88. The first-order valence-corrected chi connectivity index (χ1v) is 11.2. The fourth-order valence-electron chi connectivity index (χ4n) is 5.65. The van der Waals surface area contributed by atoms with Crippen molar-refractivity contribution in [1.29, 1.82) is 0 Å². The maximum absolute atomic E-state index is 13.3. The summed E-state index contributed by atoms with van der Waals surface area (Å²) in [6, 6.07) is 15.0. The molecule has 3 aliphatic rings. The van der Waals surface area contributed by atoms with Gasteiger partial charge in [-0.15, -0.1) is 0 Å². The van der Waals surface area contributed by atoms with Crippen molar-refractivity contribution in [3.05, 3.63) is 100 Å². The lowest BCUT2D eigenvalue weighted by Crippen LogP contribution is -2.65. The van der Waals surface area contributed by atoms with Crippen LogP contribution >= 0.6 is 0 Å². The van der Waals surface area contributed by atoms with Gasteiger partial charge in [0.15, 0.2) is 5.70 Å². The summed E-state index contributed by atoms with van der Waals surface area (Å²) < 4.78 is 57.2. The first-order chi connectivity index (χ1) is 16.1. The second-order valence-electron chi connectivity index (χ2n) is 9.14. The highest BCUT2D eigenvalue weighted by atomic mass is 19.4. The lowest BCUT2D eigenvalue weighted by Gasteiger charge is -2.39. The third kappa shape index (κ3) is 2.65. The minimum atomic E-state index is -4.39. The number of allylic oxidation sites excluding steroid dienone is 2. The summed E-state index contributed by atoms with van der Waals surface area (Å²) in [5, 5.41) is 0. The highest BCUT2D eigenvalue weighted by Crippen LogP contribution is 2.48. The molecule has 0 N–H and O–H groups in total. The summed E-state index contributed by atoms with van der Waals surface area (Å²) in [6.45, 7) is 5.81. The van der Waals surface area contributed by atoms with Crippen LogP contribution in [-0.2, 0) is 6.18 Å². The van der Waals surface area contributed by atoms with Gasteiger partial charge in [-0.3, -0.25) is 0 Å². The zero-order valence-corrected chi connectivity index (χ0v) is 19.2. The van der Waals surface area contributed by atoms with Crippen molar-refractivity contribution in [2.45, 2.75) is 33.9 Å². The maximum Gasteiger partial charge on any atom is 0.780 e. The van der Waals surface area contributed by atoms with Crippen molar-refractivity contribution < 1.29 is 27.0 Å². The predicted molar refractivity (Wildman–Crippen MR) is 125 cm³/mol. The summed E-state index contributed by atoms with van der Waals surface area (Å²) in [5.41, 5.74) is 6.57. The molecular weight excluding hydrogens is 440 g/mol. The molecule has 1 spiro atoms. The van der Waals surface area contributed by atoms with Gasteiger partial charge in [-0.1, -0.05) is 24.3 Å². The molecule has 0 bridgehead atoms. The monoisotopic (exact) mass is 462 g/mol. The topological polar surface area (TPSA) is 26.4 Å². The van der Waals surface area contributed by atoms with Crippen LogP contribution in [0.25, 0.3) is 5.57 Å². The van der Waals surface area contributed by atoms with Gasteiger partial charge in [-0.05, 0) is 67.9 Å². The Labute approximate surface area is 195 Å². The Kier molecular flexibility index (Phi) is 4.11. The van der Waals surface area contributed by atoms with E-state index in [1.165, 1.54) is 0 Å². The number of hydrogen-bond donors (Lipinski definition) is 0. The van der Waals surface area contributed by atoms with E-state index < -0.39 is 18.6 Å². The molecule has 2 aromatic carbocycles. The highest BCUT2D eigenvalue weighted by molar-refractivity contribution is 6.62. The van der Waals surface area contributed by atoms with Gasteiger partial charge >= 0.3 is 13.0 Å². The van der Waals surface area contributed by atoms with Crippen LogP contribution in [0.15, 0.2) is 71.9 Å². The normalized spacial score (nSPS) is 17.9. The van der Waals surface area contributed by atoms with Crippen molar-refractivity contribution in [2.24, 2.45) is 0 Å². The van der Waals surface area contributed by atoms with Crippen LogP contribution in [0.5, 0.6) is 11.5 Å². The number of nitrogens with zero attached hydrogens (tertiary/aromatic N) is 2. The molecule has 3 aromatic rings. The number of rotatable bonds is 1. The first kappa shape index (κ1) is 20.9. The van der Waals surface area contributed by atoms with E-state index in [9.17, 15) is 13.2 Å². The van der Waals surface area contributed by atoms with E-state index in [0.717, 1.165) is 51.6 Å². The van der Waals surface area contributed by atoms with Crippen LogP contribution in [0.2, 0.25) is 0 Å². The molecule has 172 valence electrons. The van der Waals surface area contributed by atoms with Crippen molar-refractivity contribution in [1.82, 2.24) is 4.48 Å². The number of hydrogen-bond acceptors (Lipinski definition) is 2. The van der Waals surface area contributed by atoms with Crippen LogP contribution in [0.3, 0.4) is 0 Å². The van der Waals surface area contributed by atoms with Crippen LogP contribution in [-0.4, -0.2) is 21.5 Å². The van der Waals surface area contributed by atoms with Gasteiger partial charge in [0.05, 0.1) is 11.1 Å². The third-order valence-corrected chi connectivity index (χ3v) is 6.88. The quantitative estimate of drug-likeness (QED) is 0.410. The molecule has 6 rings (SSSR count). The van der Waals surface area contributed by atoms with Crippen molar-refractivity contribution >= 4 is 18.1 Å². The zero-order chi connectivity index (χ0) is 24.0. The summed E-state index contributed by atoms with van der Waals surface area (Å²) >= 11 is 0. The zero-order valence-electron chi connectivity index (χ0n) is 19.2. The second-order valence-corrected chi connectivity index (χ2v) is 9.14. The van der Waals surface area contributed by atoms with Crippen molar-refractivity contribution in [3.8, 4) is 11.5 Å². The van der Waals surface area contributed by atoms with Crippen molar-refractivity contribution in [3.63, 3.8) is 0 Å². The van der Waals surface area contributed by atoms with Gasteiger partial charge in [0.1, 0.15) is 17.2 Å². The molecule has 34 heavy (non-hydrogen) atoms. The molecule has 0 aliphatic carbocycles. The van der Waals surface area contributed by atoms with Gasteiger partial charge in [-0.2, -0.15) is 13.2 Å². The molecule has 1 aromatic heterocycles. The minimum absolute atomic E-state index is 0.661. The van der Waals surface area contributed by atoms with E-state index in [1.54, 1.807) is 12.1 Å². The average molecular weight is 462 g/mol. The summed E-state index contributed by atoms with van der Waals surface area (Å²) in [4.78, 5) is 0. The van der Waals surface area contributed by atoms with Crippen LogP contribution in [0, 0.1) is 13.8 Å². The lowest BCUT2D eigenvalue weighted by molar-refractivity contribution is -0.369. The minimum Gasteiger partial charge on any atom is -0.599 e. The number of aryl methyl sites for hydroxylation is 2. The number of alkyl halides is 3. The second kappa shape index (κ2) is 6.68. The summed E-state index contributed by atoms with van der Waals surface area (Å²) in [5.74, 6) is 1.32. The Bertz CT molecular complexity index is 1450. The molecule has 4 heterocycles. The molecule has 0 radical (unpaired) electrons. The van der Waals surface area contributed by atoms with Gasteiger partial charge in [-0.25, -0.2) is 0 Å². The number of benzene rings is 2. The molecule has 3 aliphatic heterocycles. The Balaban J connectivity index is 1.66. The number of aromatic nitrogens is 1. The van der Waals surface area contributed by atoms with Gasteiger partial charge in [0.2, 0.25) is 0 Å². The fraction of sp³-hybridized carbons (Fsp3) is 0.192. The average Bonchev–Trinajstić information content (AvgIpc) is 3.40. The molecule has 0 saturated heterocycles. The first-order valence-electron chi connectivity index (χ1n) is 11.2. The van der Waals surface area contributed by atoms with E-state index in [1.807, 2.05) is 52.0 Å². The number of fused-ring (bicyclic) bond motifs is 5. The Morgan fingerprint density at radius 2 is 1.50 bits per heavy atom. The van der Waals surface area contributed by atoms with Gasteiger partial charge < -0.3 is 18.3 Å². The molecule has 0 unspecified atom stereocenters. The highest BCUT2D eigenvalue weighted by Gasteiger charge is 2.62. The van der Waals surface area contributed by atoms with Crippen molar-refractivity contribution in [2.75, 3.05) is 0 Å². The fourth-order valence-corrected chi connectivity index (χ4v) is 5.65. The molecule has 0 atom stereocenters. The standard InChI is InChI=1S/C26H22BF3N2O2/c1-15-13-17(3)31-24(15)23(19-9-11-20(12-10-19)26(28,29)30)25-16(2)14-18(4)32(25)27(31)33-21-7-5-6-8-22(21)34-27/h5-14H,1-4H3. The Hall–Kier alpha value is -3.68. The van der Waals surface area contributed by atoms with E-state index in [4.69, 9.17) is 9.31 Å².